The van der Waals surface area contributed by atoms with Crippen molar-refractivity contribution < 1.29 is 15.0 Å². The van der Waals surface area contributed by atoms with Gasteiger partial charge in [0.25, 0.3) is 5.91 Å². The Labute approximate surface area is 139 Å². The van der Waals surface area contributed by atoms with Crippen molar-refractivity contribution in [3.05, 3.63) is 56.1 Å². The number of hydrogen-bond donors (Lipinski definition) is 3. The van der Waals surface area contributed by atoms with Crippen molar-refractivity contribution >= 4 is 46.3 Å². The van der Waals surface area contributed by atoms with E-state index in [0.29, 0.717) is 14.2 Å². The lowest BCUT2D eigenvalue weighted by Crippen LogP contribution is -2.17. The molecule has 0 aliphatic heterocycles. The summed E-state index contributed by atoms with van der Waals surface area (Å²) in [7, 11) is 0. The van der Waals surface area contributed by atoms with Crippen LogP contribution in [0.1, 0.15) is 15.9 Å². The van der Waals surface area contributed by atoms with Crippen molar-refractivity contribution in [1.82, 2.24) is 5.43 Å². The fourth-order valence-electron chi connectivity index (χ4n) is 1.57. The van der Waals surface area contributed by atoms with Gasteiger partial charge in [0.05, 0.1) is 15.3 Å². The Bertz CT molecular complexity index is 719. The number of phenols is 2. The van der Waals surface area contributed by atoms with Gasteiger partial charge in [0.15, 0.2) is 0 Å². The predicted molar refractivity (Wildman–Crippen MR) is 89.0 cm³/mol. The second kappa shape index (κ2) is 6.77. The van der Waals surface area contributed by atoms with Gasteiger partial charge in [-0.1, -0.05) is 23.7 Å². The molecule has 0 aliphatic carbocycles. The van der Waals surface area contributed by atoms with Crippen LogP contribution in [0.2, 0.25) is 5.02 Å². The zero-order valence-corrected chi connectivity index (χ0v) is 13.5. The number of amides is 1. The number of nitrogens with zero attached hydrogens (tertiary/aromatic N) is 1. The molecule has 0 bridgehead atoms. The van der Waals surface area contributed by atoms with E-state index in [1.807, 2.05) is 22.6 Å². The molecule has 7 heteroatoms. The van der Waals surface area contributed by atoms with Gasteiger partial charge in [-0.3, -0.25) is 4.79 Å². The van der Waals surface area contributed by atoms with Crippen molar-refractivity contribution in [1.29, 1.82) is 0 Å². The molecular weight excluding hydrogens is 407 g/mol. The van der Waals surface area contributed by atoms with Crippen LogP contribution in [0.5, 0.6) is 11.5 Å². The summed E-state index contributed by atoms with van der Waals surface area (Å²) in [6.07, 6.45) is 1.28. The van der Waals surface area contributed by atoms with Crippen LogP contribution in [0.3, 0.4) is 0 Å². The molecule has 3 N–H and O–H groups in total. The van der Waals surface area contributed by atoms with Crippen molar-refractivity contribution in [2.45, 2.75) is 0 Å². The number of hydrogen-bond acceptors (Lipinski definition) is 4. The van der Waals surface area contributed by atoms with Gasteiger partial charge in [0, 0.05) is 10.6 Å². The first-order chi connectivity index (χ1) is 9.99. The Morgan fingerprint density at radius 3 is 2.71 bits per heavy atom. The molecule has 2 aromatic carbocycles. The van der Waals surface area contributed by atoms with E-state index in [9.17, 15) is 15.0 Å². The maximum absolute atomic E-state index is 11.8. The third kappa shape index (κ3) is 3.85. The normalized spacial score (nSPS) is 10.8. The molecule has 0 atom stereocenters. The SMILES string of the molecule is O=C(NN=Cc1cc(Cl)cc(I)c1O)c1ccccc1O. The van der Waals surface area contributed by atoms with E-state index in [2.05, 4.69) is 10.5 Å². The zero-order chi connectivity index (χ0) is 15.4. The number of carbonyl (C=O) groups excluding carboxylic acids is 1. The van der Waals surface area contributed by atoms with E-state index in [-0.39, 0.29) is 17.1 Å². The summed E-state index contributed by atoms with van der Waals surface area (Å²) in [5.74, 6) is -0.661. The number of benzene rings is 2. The summed E-state index contributed by atoms with van der Waals surface area (Å²) in [4.78, 5) is 11.8. The monoisotopic (exact) mass is 416 g/mol. The maximum Gasteiger partial charge on any atom is 0.275 e. The van der Waals surface area contributed by atoms with Crippen LogP contribution in [0.25, 0.3) is 0 Å². The number of para-hydroxylation sites is 1. The van der Waals surface area contributed by atoms with Gasteiger partial charge in [0.2, 0.25) is 0 Å². The van der Waals surface area contributed by atoms with E-state index >= 15 is 0 Å². The molecule has 0 fully saturated rings. The molecule has 108 valence electrons. The second-order valence-electron chi connectivity index (χ2n) is 4.04. The van der Waals surface area contributed by atoms with Gasteiger partial charge in [-0.25, -0.2) is 5.43 Å². The average molecular weight is 417 g/mol. The highest BCUT2D eigenvalue weighted by Gasteiger charge is 2.09. The molecule has 2 aromatic rings. The quantitative estimate of drug-likeness (QED) is 0.408. The summed E-state index contributed by atoms with van der Waals surface area (Å²) in [5.41, 5.74) is 2.76. The fourth-order valence-corrected chi connectivity index (χ4v) is 2.63. The summed E-state index contributed by atoms with van der Waals surface area (Å²) >= 11 is 7.82. The first kappa shape index (κ1) is 15.6. The first-order valence-corrected chi connectivity index (χ1v) is 7.24. The number of phenolic OH excluding ortho intramolecular Hbond substituents is 2. The van der Waals surface area contributed by atoms with Crippen LogP contribution in [0.4, 0.5) is 0 Å². The summed E-state index contributed by atoms with van der Waals surface area (Å²) in [6, 6.07) is 9.25. The lowest BCUT2D eigenvalue weighted by atomic mass is 10.2. The van der Waals surface area contributed by atoms with Crippen LogP contribution in [0.15, 0.2) is 41.5 Å². The molecular formula is C14H10ClIN2O3. The Hall–Kier alpha value is -1.80. The molecule has 0 saturated carbocycles. The molecule has 2 rings (SSSR count). The number of nitrogens with one attached hydrogen (secondary N) is 1. The number of halogens is 2. The van der Waals surface area contributed by atoms with E-state index in [1.165, 1.54) is 24.4 Å². The van der Waals surface area contributed by atoms with Crippen LogP contribution < -0.4 is 5.43 Å². The predicted octanol–water partition coefficient (Wildman–Crippen LogP) is 3.12. The van der Waals surface area contributed by atoms with Crippen molar-refractivity contribution in [2.75, 3.05) is 0 Å². The van der Waals surface area contributed by atoms with Gasteiger partial charge < -0.3 is 10.2 Å². The summed E-state index contributed by atoms with van der Waals surface area (Å²) < 4.78 is 0.577. The minimum absolute atomic E-state index is 0.0283. The molecule has 0 saturated heterocycles. The minimum Gasteiger partial charge on any atom is -0.507 e. The molecule has 0 spiro atoms. The topological polar surface area (TPSA) is 81.9 Å². The van der Waals surface area contributed by atoms with Gasteiger partial charge in [-0.05, 0) is 46.9 Å². The highest BCUT2D eigenvalue weighted by atomic mass is 127. The second-order valence-corrected chi connectivity index (χ2v) is 5.64. The number of carbonyl (C=O) groups is 1. The van der Waals surface area contributed by atoms with Gasteiger partial charge in [-0.15, -0.1) is 0 Å². The largest absolute Gasteiger partial charge is 0.507 e. The third-order valence-corrected chi connectivity index (χ3v) is 3.62. The fraction of sp³-hybridized carbons (Fsp3) is 0. The van der Waals surface area contributed by atoms with E-state index in [1.54, 1.807) is 18.2 Å². The van der Waals surface area contributed by atoms with E-state index < -0.39 is 5.91 Å². The van der Waals surface area contributed by atoms with Crippen LogP contribution in [-0.2, 0) is 0 Å². The number of rotatable bonds is 3. The molecule has 0 radical (unpaired) electrons. The highest BCUT2D eigenvalue weighted by molar-refractivity contribution is 14.1. The molecule has 5 nitrogen and oxygen atoms in total. The highest BCUT2D eigenvalue weighted by Crippen LogP contribution is 2.27. The molecule has 0 heterocycles. The molecule has 0 unspecified atom stereocenters. The lowest BCUT2D eigenvalue weighted by molar-refractivity contribution is 0.0952. The van der Waals surface area contributed by atoms with Crippen LogP contribution in [0, 0.1) is 3.57 Å². The Morgan fingerprint density at radius 1 is 1.29 bits per heavy atom. The number of aromatic hydroxyl groups is 2. The van der Waals surface area contributed by atoms with Crippen molar-refractivity contribution in [3.63, 3.8) is 0 Å². The van der Waals surface area contributed by atoms with Crippen LogP contribution in [-0.4, -0.2) is 22.3 Å². The van der Waals surface area contributed by atoms with Crippen LogP contribution >= 0.6 is 34.2 Å². The smallest absolute Gasteiger partial charge is 0.275 e. The van der Waals surface area contributed by atoms with E-state index in [4.69, 9.17) is 11.6 Å². The van der Waals surface area contributed by atoms with Gasteiger partial charge >= 0.3 is 0 Å². The lowest BCUT2D eigenvalue weighted by Gasteiger charge is -2.04. The Kier molecular flexibility index (Phi) is 5.03. The van der Waals surface area contributed by atoms with Gasteiger partial charge in [0.1, 0.15) is 11.5 Å². The maximum atomic E-state index is 11.8. The Morgan fingerprint density at radius 2 is 2.00 bits per heavy atom. The van der Waals surface area contributed by atoms with E-state index in [0.717, 1.165) is 0 Å². The standard InChI is InChI=1S/C14H10ClIN2O3/c15-9-5-8(13(20)11(16)6-9)7-17-18-14(21)10-3-1-2-4-12(10)19/h1-7,19-20H,(H,18,21). The van der Waals surface area contributed by atoms with Crippen molar-refractivity contribution in [2.24, 2.45) is 5.10 Å². The summed E-state index contributed by atoms with van der Waals surface area (Å²) in [5, 5.41) is 23.6. The minimum atomic E-state index is -0.555. The zero-order valence-electron chi connectivity index (χ0n) is 10.5. The molecule has 0 aliphatic rings. The number of hydrazone groups is 1. The van der Waals surface area contributed by atoms with Crippen molar-refractivity contribution in [3.8, 4) is 11.5 Å². The first-order valence-electron chi connectivity index (χ1n) is 5.78. The Balaban J connectivity index is 2.13. The average Bonchev–Trinajstić information content (AvgIpc) is 2.44. The summed E-state index contributed by atoms with van der Waals surface area (Å²) in [6.45, 7) is 0. The van der Waals surface area contributed by atoms with Gasteiger partial charge in [-0.2, -0.15) is 5.10 Å². The molecule has 21 heavy (non-hydrogen) atoms. The third-order valence-electron chi connectivity index (χ3n) is 2.58. The molecule has 0 aromatic heterocycles. The molecule has 1 amide bonds.